The van der Waals surface area contributed by atoms with Gasteiger partial charge in [0.15, 0.2) is 0 Å². The smallest absolute Gasteiger partial charge is 0.300 e. The molecule has 8 heteroatoms. The van der Waals surface area contributed by atoms with Crippen molar-refractivity contribution in [1.29, 1.82) is 0 Å². The minimum absolute atomic E-state index is 0.00896. The molecular formula is C29H31N3O5. The van der Waals surface area contributed by atoms with E-state index >= 15 is 0 Å². The fourth-order valence-corrected chi connectivity index (χ4v) is 4.79. The largest absolute Gasteiger partial charge is 0.507 e. The number of aliphatic hydroxyl groups is 1. The summed E-state index contributed by atoms with van der Waals surface area (Å²) in [7, 11) is 2.11. The summed E-state index contributed by atoms with van der Waals surface area (Å²) < 4.78 is 11.3. The van der Waals surface area contributed by atoms with Crippen molar-refractivity contribution in [2.45, 2.75) is 19.4 Å². The number of furan rings is 1. The van der Waals surface area contributed by atoms with Crippen LogP contribution in [0.1, 0.15) is 30.7 Å². The number of rotatable bonds is 7. The number of aliphatic hydroxyl groups excluding tert-OH is 1. The summed E-state index contributed by atoms with van der Waals surface area (Å²) in [6.45, 7) is 6.43. The Bertz CT molecular complexity index is 1270. The molecule has 37 heavy (non-hydrogen) atoms. The molecule has 0 bridgehead atoms. The molecule has 1 atom stereocenters. The Morgan fingerprint density at radius 2 is 1.65 bits per heavy atom. The van der Waals surface area contributed by atoms with E-state index in [1.807, 2.05) is 31.2 Å². The summed E-state index contributed by atoms with van der Waals surface area (Å²) in [5.74, 6) is -0.654. The zero-order valence-electron chi connectivity index (χ0n) is 21.1. The van der Waals surface area contributed by atoms with Crippen LogP contribution in [-0.2, 0) is 9.59 Å². The van der Waals surface area contributed by atoms with E-state index in [2.05, 4.69) is 16.8 Å². The van der Waals surface area contributed by atoms with Gasteiger partial charge < -0.3 is 24.1 Å². The summed E-state index contributed by atoms with van der Waals surface area (Å²) in [4.78, 5) is 32.6. The van der Waals surface area contributed by atoms with Gasteiger partial charge in [-0.3, -0.25) is 14.5 Å². The molecule has 2 aromatic carbocycles. The number of hydrogen-bond acceptors (Lipinski definition) is 7. The highest BCUT2D eigenvalue weighted by atomic mass is 16.5. The van der Waals surface area contributed by atoms with Crippen molar-refractivity contribution in [2.24, 2.45) is 0 Å². The lowest BCUT2D eigenvalue weighted by Crippen LogP contribution is -2.44. The summed E-state index contributed by atoms with van der Waals surface area (Å²) in [5, 5.41) is 11.2. The molecule has 1 aromatic heterocycles. The van der Waals surface area contributed by atoms with Crippen LogP contribution in [-0.4, -0.2) is 61.5 Å². The van der Waals surface area contributed by atoms with Gasteiger partial charge in [0, 0.05) is 43.1 Å². The zero-order chi connectivity index (χ0) is 25.9. The van der Waals surface area contributed by atoms with E-state index in [1.54, 1.807) is 36.4 Å². The van der Waals surface area contributed by atoms with Crippen molar-refractivity contribution in [3.05, 3.63) is 83.8 Å². The third-order valence-corrected chi connectivity index (χ3v) is 6.85. The van der Waals surface area contributed by atoms with Gasteiger partial charge in [0.2, 0.25) is 0 Å². The highest BCUT2D eigenvalue weighted by Crippen LogP contribution is 2.42. The molecule has 2 aliphatic rings. The van der Waals surface area contributed by atoms with Gasteiger partial charge in [-0.1, -0.05) is 6.92 Å². The number of carbonyl (C=O) groups is 2. The standard InChI is InChI=1S/C29H31N3O5/c1-3-18-36-23-12-6-20(7-13-23)27(33)25-26(24-5-4-19-37-24)32(29(35)28(25)34)22-10-8-21(9-11-22)31-16-14-30(2)15-17-31/h4-13,19,26,33H,3,14-18H2,1-2H3/b27-25-. The number of amides is 1. The predicted molar refractivity (Wildman–Crippen MR) is 142 cm³/mol. The van der Waals surface area contributed by atoms with Crippen molar-refractivity contribution in [2.75, 3.05) is 49.6 Å². The van der Waals surface area contributed by atoms with E-state index in [-0.39, 0.29) is 11.3 Å². The summed E-state index contributed by atoms with van der Waals surface area (Å²) in [5.41, 5.74) is 2.03. The third kappa shape index (κ3) is 4.84. The number of carbonyl (C=O) groups excluding carboxylic acids is 2. The number of piperazine rings is 1. The molecule has 0 saturated carbocycles. The first-order valence-corrected chi connectivity index (χ1v) is 12.6. The molecule has 1 unspecified atom stereocenters. The monoisotopic (exact) mass is 501 g/mol. The first-order valence-electron chi connectivity index (χ1n) is 12.6. The second-order valence-electron chi connectivity index (χ2n) is 9.36. The van der Waals surface area contributed by atoms with Crippen LogP contribution in [0, 0.1) is 0 Å². The molecule has 3 heterocycles. The number of ether oxygens (including phenoxy) is 1. The number of nitrogens with zero attached hydrogens (tertiary/aromatic N) is 3. The normalized spacial score (nSPS) is 20.0. The van der Waals surface area contributed by atoms with Gasteiger partial charge in [-0.2, -0.15) is 0 Å². The third-order valence-electron chi connectivity index (χ3n) is 6.85. The molecule has 0 spiro atoms. The van der Waals surface area contributed by atoms with Gasteiger partial charge in [-0.15, -0.1) is 0 Å². The minimum atomic E-state index is -0.888. The first-order chi connectivity index (χ1) is 18.0. The molecule has 3 aromatic rings. The van der Waals surface area contributed by atoms with Crippen molar-refractivity contribution in [3.63, 3.8) is 0 Å². The molecule has 2 saturated heterocycles. The maximum absolute atomic E-state index is 13.3. The van der Waals surface area contributed by atoms with E-state index < -0.39 is 17.7 Å². The van der Waals surface area contributed by atoms with Crippen LogP contribution in [0.3, 0.4) is 0 Å². The summed E-state index contributed by atoms with van der Waals surface area (Å²) in [6, 6.07) is 17.0. The first kappa shape index (κ1) is 24.6. The molecule has 1 N–H and O–H groups in total. The Kier molecular flexibility index (Phi) is 7.01. The van der Waals surface area contributed by atoms with Crippen molar-refractivity contribution in [3.8, 4) is 5.75 Å². The Morgan fingerprint density at radius 3 is 2.27 bits per heavy atom. The molecule has 0 aliphatic carbocycles. The van der Waals surface area contributed by atoms with Gasteiger partial charge >= 0.3 is 0 Å². The highest BCUT2D eigenvalue weighted by molar-refractivity contribution is 6.51. The Morgan fingerprint density at radius 1 is 0.973 bits per heavy atom. The van der Waals surface area contributed by atoms with Crippen molar-refractivity contribution < 1.29 is 23.8 Å². The van der Waals surface area contributed by atoms with Crippen molar-refractivity contribution in [1.82, 2.24) is 4.90 Å². The maximum Gasteiger partial charge on any atom is 0.300 e. The van der Waals surface area contributed by atoms with E-state index in [0.29, 0.717) is 29.4 Å². The number of ketones is 1. The maximum atomic E-state index is 13.3. The molecule has 1 amide bonds. The van der Waals surface area contributed by atoms with Crippen LogP contribution >= 0.6 is 0 Å². The predicted octanol–water partition coefficient (Wildman–Crippen LogP) is 4.45. The molecule has 2 aliphatic heterocycles. The molecule has 0 radical (unpaired) electrons. The van der Waals surface area contributed by atoms with E-state index in [9.17, 15) is 14.7 Å². The van der Waals surface area contributed by atoms with E-state index in [0.717, 1.165) is 38.3 Å². The number of anilines is 2. The highest BCUT2D eigenvalue weighted by Gasteiger charge is 2.48. The molecule has 5 rings (SSSR count). The Hall–Kier alpha value is -4.04. The number of benzene rings is 2. The van der Waals surface area contributed by atoms with Crippen molar-refractivity contribution >= 4 is 28.8 Å². The zero-order valence-corrected chi connectivity index (χ0v) is 21.1. The molecular weight excluding hydrogens is 470 g/mol. The average molecular weight is 502 g/mol. The Labute approximate surface area is 216 Å². The molecule has 192 valence electrons. The average Bonchev–Trinajstić information content (AvgIpc) is 3.55. The minimum Gasteiger partial charge on any atom is -0.507 e. The van der Waals surface area contributed by atoms with Crippen LogP contribution in [0.25, 0.3) is 5.76 Å². The number of Topliss-reactive ketones (excluding diaryl/α,β-unsaturated/α-hetero) is 1. The lowest BCUT2D eigenvalue weighted by atomic mass is 9.99. The molecule has 2 fully saturated rings. The number of likely N-dealkylation sites (N-methyl/N-ethyl adjacent to an activating group) is 1. The van der Waals surface area contributed by atoms with Crippen LogP contribution in [0.4, 0.5) is 11.4 Å². The second-order valence-corrected chi connectivity index (χ2v) is 9.36. The quantitative estimate of drug-likeness (QED) is 0.291. The number of hydrogen-bond donors (Lipinski definition) is 1. The SMILES string of the molecule is CCCOc1ccc(/C(O)=C2/C(=O)C(=O)N(c3ccc(N4CCN(C)CC4)cc3)C2c2ccco2)cc1. The van der Waals surface area contributed by atoms with Crippen LogP contribution in [0.15, 0.2) is 76.9 Å². The fraction of sp³-hybridized carbons (Fsp3) is 0.310. The molecule has 8 nitrogen and oxygen atoms in total. The second kappa shape index (κ2) is 10.5. The van der Waals surface area contributed by atoms with E-state index in [1.165, 1.54) is 11.2 Å². The summed E-state index contributed by atoms with van der Waals surface area (Å²) >= 11 is 0. The van der Waals surface area contributed by atoms with Crippen LogP contribution < -0.4 is 14.5 Å². The summed E-state index contributed by atoms with van der Waals surface area (Å²) in [6.07, 6.45) is 2.37. The van der Waals surface area contributed by atoms with Gasteiger partial charge in [-0.25, -0.2) is 0 Å². The van der Waals surface area contributed by atoms with Gasteiger partial charge in [0.25, 0.3) is 11.7 Å². The van der Waals surface area contributed by atoms with E-state index in [4.69, 9.17) is 9.15 Å². The van der Waals surface area contributed by atoms with Crippen LogP contribution in [0.2, 0.25) is 0 Å². The fourth-order valence-electron chi connectivity index (χ4n) is 4.79. The van der Waals surface area contributed by atoms with Gasteiger partial charge in [0.1, 0.15) is 23.3 Å². The van der Waals surface area contributed by atoms with Gasteiger partial charge in [-0.05, 0) is 74.1 Å². The lowest BCUT2D eigenvalue weighted by Gasteiger charge is -2.34. The lowest BCUT2D eigenvalue weighted by molar-refractivity contribution is -0.132. The topological polar surface area (TPSA) is 86.5 Å². The Balaban J connectivity index is 1.49. The van der Waals surface area contributed by atoms with Crippen LogP contribution in [0.5, 0.6) is 5.75 Å². The van der Waals surface area contributed by atoms with Gasteiger partial charge in [0.05, 0.1) is 18.4 Å².